The number of benzene rings is 1. The van der Waals surface area contributed by atoms with Crippen molar-refractivity contribution in [3.8, 4) is 11.1 Å². The molecule has 1 N–H and O–H groups in total. The van der Waals surface area contributed by atoms with Gasteiger partial charge in [0.05, 0.1) is 25.2 Å². The summed E-state index contributed by atoms with van der Waals surface area (Å²) < 4.78 is 12.4. The van der Waals surface area contributed by atoms with E-state index in [0.717, 1.165) is 73.0 Å². The van der Waals surface area contributed by atoms with Crippen molar-refractivity contribution in [1.29, 1.82) is 0 Å². The fourth-order valence-corrected chi connectivity index (χ4v) is 5.59. The first-order chi connectivity index (χ1) is 14.8. The Labute approximate surface area is 188 Å². The van der Waals surface area contributed by atoms with E-state index in [4.69, 9.17) is 9.47 Å². The van der Waals surface area contributed by atoms with Gasteiger partial charge < -0.3 is 14.8 Å². The van der Waals surface area contributed by atoms with Crippen molar-refractivity contribution in [3.05, 3.63) is 40.4 Å². The van der Waals surface area contributed by atoms with Crippen molar-refractivity contribution in [2.45, 2.75) is 12.5 Å². The summed E-state index contributed by atoms with van der Waals surface area (Å²) in [4.78, 5) is 12.7. The number of anilines is 1. The predicted octanol–water partition coefficient (Wildman–Crippen LogP) is 4.27. The number of rotatable bonds is 6. The molecule has 0 bridgehead atoms. The molecule has 2 aromatic heterocycles. The molecule has 2 fully saturated rings. The minimum Gasteiger partial charge on any atom is -0.381 e. The number of hydrogen-bond acceptors (Lipinski definition) is 7. The Morgan fingerprint density at radius 2 is 1.97 bits per heavy atom. The zero-order valence-corrected chi connectivity index (χ0v) is 19.1. The Morgan fingerprint density at radius 1 is 1.13 bits per heavy atom. The van der Waals surface area contributed by atoms with Crippen LogP contribution in [0.4, 0.5) is 5.82 Å². The van der Waals surface area contributed by atoms with Gasteiger partial charge in [0.15, 0.2) is 0 Å². The van der Waals surface area contributed by atoms with E-state index in [0.29, 0.717) is 12.0 Å². The molecule has 0 aliphatic carbocycles. The third-order valence-electron chi connectivity index (χ3n) is 6.03. The molecule has 2 atom stereocenters. The lowest BCUT2D eigenvalue weighted by Gasteiger charge is -2.37. The summed E-state index contributed by atoms with van der Waals surface area (Å²) >= 11 is 5.19. The topological polar surface area (TPSA) is 59.5 Å². The maximum Gasteiger partial charge on any atom is 0.138 e. The third-order valence-corrected chi connectivity index (χ3v) is 7.44. The fraction of sp³-hybridized carbons (Fsp3) is 0.455. The second-order valence-electron chi connectivity index (χ2n) is 7.78. The van der Waals surface area contributed by atoms with Crippen LogP contribution in [0.5, 0.6) is 0 Å². The first kappa shape index (κ1) is 20.3. The molecule has 0 unspecified atom stereocenters. The minimum atomic E-state index is 0.413. The molecule has 3 aromatic rings. The third kappa shape index (κ3) is 4.24. The van der Waals surface area contributed by atoms with Crippen LogP contribution in [0.1, 0.15) is 6.42 Å². The maximum absolute atomic E-state index is 5.71. The normalized spacial score (nSPS) is 21.2. The van der Waals surface area contributed by atoms with Gasteiger partial charge >= 0.3 is 0 Å². The molecule has 158 valence electrons. The van der Waals surface area contributed by atoms with E-state index < -0.39 is 0 Å². The molecular formula is C22H25BrN4O2S. The Morgan fingerprint density at radius 3 is 2.73 bits per heavy atom. The summed E-state index contributed by atoms with van der Waals surface area (Å²) in [5, 5.41) is 6.96. The van der Waals surface area contributed by atoms with Gasteiger partial charge in [-0.2, -0.15) is 0 Å². The molecule has 0 amide bonds. The molecule has 5 rings (SSSR count). The molecule has 4 heterocycles. The van der Waals surface area contributed by atoms with Gasteiger partial charge in [-0.1, -0.05) is 28.1 Å². The van der Waals surface area contributed by atoms with E-state index in [-0.39, 0.29) is 0 Å². The number of fused-ring (bicyclic) bond motifs is 1. The van der Waals surface area contributed by atoms with Crippen molar-refractivity contribution < 1.29 is 9.47 Å². The van der Waals surface area contributed by atoms with Gasteiger partial charge in [-0.25, -0.2) is 9.97 Å². The van der Waals surface area contributed by atoms with Gasteiger partial charge in [0.2, 0.25) is 0 Å². The monoisotopic (exact) mass is 488 g/mol. The molecule has 8 heteroatoms. The molecule has 0 radical (unpaired) electrons. The Balaban J connectivity index is 1.42. The largest absolute Gasteiger partial charge is 0.381 e. The highest BCUT2D eigenvalue weighted by molar-refractivity contribution is 9.10. The zero-order chi connectivity index (χ0) is 20.3. The number of nitrogens with one attached hydrogen (secondary N) is 1. The minimum absolute atomic E-state index is 0.413. The second-order valence-corrected chi connectivity index (χ2v) is 9.55. The van der Waals surface area contributed by atoms with Crippen LogP contribution in [-0.2, 0) is 9.47 Å². The van der Waals surface area contributed by atoms with Crippen LogP contribution in [0.25, 0.3) is 21.3 Å². The van der Waals surface area contributed by atoms with Crippen LogP contribution in [0.2, 0.25) is 0 Å². The van der Waals surface area contributed by atoms with E-state index in [9.17, 15) is 0 Å². The Kier molecular flexibility index (Phi) is 6.29. The molecular weight excluding hydrogens is 464 g/mol. The zero-order valence-electron chi connectivity index (χ0n) is 16.7. The van der Waals surface area contributed by atoms with Crippen molar-refractivity contribution in [2.75, 3.05) is 51.4 Å². The molecule has 0 saturated carbocycles. The Bertz CT molecular complexity index is 984. The van der Waals surface area contributed by atoms with Crippen molar-refractivity contribution >= 4 is 43.3 Å². The number of thiophene rings is 1. The van der Waals surface area contributed by atoms with Crippen LogP contribution in [0, 0.1) is 5.92 Å². The summed E-state index contributed by atoms with van der Waals surface area (Å²) in [7, 11) is 0. The molecule has 1 aromatic carbocycles. The lowest BCUT2D eigenvalue weighted by atomic mass is 9.96. The summed E-state index contributed by atoms with van der Waals surface area (Å²) in [6.45, 7) is 6.11. The van der Waals surface area contributed by atoms with Crippen LogP contribution in [0.15, 0.2) is 40.4 Å². The van der Waals surface area contributed by atoms with Gasteiger partial charge in [-0.15, -0.1) is 11.3 Å². The standard InChI is InChI=1S/C22H25BrN4O2S/c23-17-3-1-15(2-4-17)18-13-30-22-20(18)21(25-14-26-22)24-11-19(16-5-8-29-12-16)27-6-9-28-10-7-27/h1-4,13-14,16,19H,5-12H2,(H,24,25,26)/t16-,19+/m1/s1. The van der Waals surface area contributed by atoms with Crippen molar-refractivity contribution in [2.24, 2.45) is 5.92 Å². The number of nitrogens with zero attached hydrogens (tertiary/aromatic N) is 3. The summed E-state index contributed by atoms with van der Waals surface area (Å²) in [6, 6.07) is 8.83. The quantitative estimate of drug-likeness (QED) is 0.558. The highest BCUT2D eigenvalue weighted by Crippen LogP contribution is 2.37. The molecule has 2 saturated heterocycles. The summed E-state index contributed by atoms with van der Waals surface area (Å²) in [5.74, 6) is 1.46. The average Bonchev–Trinajstić information content (AvgIpc) is 3.46. The highest BCUT2D eigenvalue weighted by Gasteiger charge is 2.31. The molecule has 0 spiro atoms. The van der Waals surface area contributed by atoms with E-state index >= 15 is 0 Å². The summed E-state index contributed by atoms with van der Waals surface area (Å²) in [6.07, 6.45) is 2.78. The lowest BCUT2D eigenvalue weighted by Crippen LogP contribution is -2.50. The first-order valence-electron chi connectivity index (χ1n) is 10.4. The molecule has 6 nitrogen and oxygen atoms in total. The first-order valence-corrected chi connectivity index (χ1v) is 12.1. The van der Waals surface area contributed by atoms with Crippen molar-refractivity contribution in [1.82, 2.24) is 14.9 Å². The van der Waals surface area contributed by atoms with E-state index in [1.165, 1.54) is 11.1 Å². The summed E-state index contributed by atoms with van der Waals surface area (Å²) in [5.41, 5.74) is 2.36. The molecule has 2 aliphatic rings. The van der Waals surface area contributed by atoms with E-state index in [1.807, 2.05) is 0 Å². The molecule has 2 aliphatic heterocycles. The number of halogens is 1. The number of morpholine rings is 1. The number of aromatic nitrogens is 2. The average molecular weight is 489 g/mol. The van der Waals surface area contributed by atoms with Crippen LogP contribution >= 0.6 is 27.3 Å². The van der Waals surface area contributed by atoms with E-state index in [1.54, 1.807) is 17.7 Å². The number of hydrogen-bond donors (Lipinski definition) is 1. The highest BCUT2D eigenvalue weighted by atomic mass is 79.9. The smallest absolute Gasteiger partial charge is 0.138 e. The SMILES string of the molecule is Brc1ccc(-c2csc3ncnc(NC[C@@H]([C@@H]4CCOC4)N4CCOCC4)c23)cc1. The second kappa shape index (κ2) is 9.28. The van der Waals surface area contributed by atoms with Gasteiger partial charge in [-0.3, -0.25) is 4.90 Å². The van der Waals surface area contributed by atoms with Gasteiger partial charge in [0, 0.05) is 53.6 Å². The van der Waals surface area contributed by atoms with Crippen LogP contribution in [-0.4, -0.2) is 67.0 Å². The predicted molar refractivity (Wildman–Crippen MR) is 124 cm³/mol. The Hall–Kier alpha value is -1.58. The van der Waals surface area contributed by atoms with Crippen LogP contribution < -0.4 is 5.32 Å². The van der Waals surface area contributed by atoms with Crippen molar-refractivity contribution in [3.63, 3.8) is 0 Å². The van der Waals surface area contributed by atoms with E-state index in [2.05, 4.69) is 65.8 Å². The van der Waals surface area contributed by atoms with Gasteiger partial charge in [0.1, 0.15) is 17.0 Å². The fourth-order valence-electron chi connectivity index (χ4n) is 4.41. The molecule has 30 heavy (non-hydrogen) atoms. The van der Waals surface area contributed by atoms with Crippen LogP contribution in [0.3, 0.4) is 0 Å². The van der Waals surface area contributed by atoms with Gasteiger partial charge in [-0.05, 0) is 24.1 Å². The van der Waals surface area contributed by atoms with Gasteiger partial charge in [0.25, 0.3) is 0 Å². The number of ether oxygens (including phenoxy) is 2. The lowest BCUT2D eigenvalue weighted by molar-refractivity contribution is 0.00460. The maximum atomic E-state index is 5.71.